The zero-order chi connectivity index (χ0) is 25.2. The van der Waals surface area contributed by atoms with E-state index in [-0.39, 0.29) is 24.1 Å². The first-order chi connectivity index (χ1) is 17.4. The Morgan fingerprint density at radius 3 is 2.86 bits per heavy atom. The van der Waals surface area contributed by atoms with Gasteiger partial charge in [0.15, 0.2) is 5.76 Å². The number of piperidine rings is 1. The number of rotatable bonds is 8. The third-order valence-electron chi connectivity index (χ3n) is 6.77. The number of benzene rings is 1. The first-order valence-electron chi connectivity index (χ1n) is 12.3. The van der Waals surface area contributed by atoms with Gasteiger partial charge < -0.3 is 19.5 Å². The van der Waals surface area contributed by atoms with Gasteiger partial charge in [0.05, 0.1) is 12.3 Å². The maximum Gasteiger partial charge on any atom is 0.260 e. The van der Waals surface area contributed by atoms with Crippen LogP contribution >= 0.6 is 0 Å². The molecule has 1 fully saturated rings. The third kappa shape index (κ3) is 4.62. The van der Waals surface area contributed by atoms with Crippen LogP contribution in [0.5, 0.6) is 5.75 Å². The van der Waals surface area contributed by atoms with Crippen molar-refractivity contribution in [3.05, 3.63) is 58.1 Å². The molecule has 0 bridgehead atoms. The maximum atomic E-state index is 12.8. The largest absolute Gasteiger partial charge is 0.494 e. The number of nitrogens with one attached hydrogen (secondary N) is 2. The Hall–Kier alpha value is -3.95. The zero-order valence-corrected chi connectivity index (χ0v) is 20.1. The number of aromatic nitrogens is 1. The lowest BCUT2D eigenvalue weighted by Gasteiger charge is -2.29. The Labute approximate surface area is 208 Å². The van der Waals surface area contributed by atoms with Crippen molar-refractivity contribution in [2.75, 3.05) is 6.61 Å². The molecule has 1 aromatic heterocycles. The lowest BCUT2D eigenvalue weighted by molar-refractivity contribution is -0.136. The summed E-state index contributed by atoms with van der Waals surface area (Å²) in [7, 11) is 0. The van der Waals surface area contributed by atoms with Crippen LogP contribution in [0.15, 0.2) is 34.5 Å². The summed E-state index contributed by atoms with van der Waals surface area (Å²) in [6, 6.07) is 4.72. The van der Waals surface area contributed by atoms with Gasteiger partial charge in [-0.1, -0.05) is 18.2 Å². The molecule has 1 unspecified atom stereocenters. The second-order valence-electron chi connectivity index (χ2n) is 9.20. The van der Waals surface area contributed by atoms with Crippen molar-refractivity contribution in [1.82, 2.24) is 20.7 Å². The van der Waals surface area contributed by atoms with Crippen molar-refractivity contribution < 1.29 is 28.4 Å². The van der Waals surface area contributed by atoms with Gasteiger partial charge in [-0.2, -0.15) is 0 Å². The second-order valence-corrected chi connectivity index (χ2v) is 9.20. The van der Waals surface area contributed by atoms with Crippen LogP contribution in [-0.4, -0.2) is 46.3 Å². The van der Waals surface area contributed by atoms with Gasteiger partial charge in [0.1, 0.15) is 17.4 Å². The van der Waals surface area contributed by atoms with Gasteiger partial charge in [-0.15, -0.1) is 0 Å². The smallest absolute Gasteiger partial charge is 0.260 e. The number of carbonyl (C=O) groups is 4. The fourth-order valence-electron chi connectivity index (χ4n) is 4.88. The fraction of sp³-hybridized carbons (Fsp3) is 0.423. The number of amides is 4. The Morgan fingerprint density at radius 1 is 1.19 bits per heavy atom. The summed E-state index contributed by atoms with van der Waals surface area (Å²) in [5, 5.41) is 9.22. The molecule has 36 heavy (non-hydrogen) atoms. The first-order valence-corrected chi connectivity index (χ1v) is 12.3. The fourth-order valence-corrected chi connectivity index (χ4v) is 4.88. The van der Waals surface area contributed by atoms with Gasteiger partial charge in [0, 0.05) is 30.6 Å². The summed E-state index contributed by atoms with van der Waals surface area (Å²) in [5.74, 6) is 0.224. The Bertz CT molecular complexity index is 1260. The van der Waals surface area contributed by atoms with Crippen molar-refractivity contribution in [2.45, 2.75) is 64.5 Å². The number of allylic oxidation sites excluding steroid dienone is 2. The molecule has 0 spiro atoms. The number of imide groups is 1. The van der Waals surface area contributed by atoms with E-state index in [1.807, 2.05) is 19.1 Å². The highest BCUT2D eigenvalue weighted by molar-refractivity contribution is 6.05. The highest BCUT2D eigenvalue weighted by atomic mass is 16.5. The predicted molar refractivity (Wildman–Crippen MR) is 127 cm³/mol. The van der Waals surface area contributed by atoms with E-state index in [0.717, 1.165) is 30.5 Å². The van der Waals surface area contributed by atoms with E-state index >= 15 is 0 Å². The number of carbonyl (C=O) groups excluding carboxylic acids is 4. The Balaban J connectivity index is 1.09. The predicted octanol–water partition coefficient (Wildman–Crippen LogP) is 2.42. The highest BCUT2D eigenvalue weighted by Crippen LogP contribution is 2.30. The monoisotopic (exact) mass is 492 g/mol. The molecule has 10 nitrogen and oxygen atoms in total. The Morgan fingerprint density at radius 2 is 2.06 bits per heavy atom. The van der Waals surface area contributed by atoms with Gasteiger partial charge in [-0.25, -0.2) is 0 Å². The van der Waals surface area contributed by atoms with Gasteiger partial charge in [0.2, 0.25) is 11.8 Å². The van der Waals surface area contributed by atoms with Crippen LogP contribution in [0, 0.1) is 0 Å². The number of unbranched alkanes of at least 4 members (excludes halogenated alkanes) is 2. The normalized spacial score (nSPS) is 20.3. The van der Waals surface area contributed by atoms with E-state index < -0.39 is 11.9 Å². The molecule has 3 aliphatic heterocycles. The number of ether oxygens (including phenoxy) is 1. The van der Waals surface area contributed by atoms with E-state index in [0.29, 0.717) is 60.7 Å². The molecule has 2 aromatic rings. The lowest BCUT2D eigenvalue weighted by atomic mass is 10.0. The summed E-state index contributed by atoms with van der Waals surface area (Å²) in [4.78, 5) is 50.2. The minimum atomic E-state index is -0.626. The summed E-state index contributed by atoms with van der Waals surface area (Å²) >= 11 is 0. The molecule has 0 aliphatic carbocycles. The maximum absolute atomic E-state index is 12.8. The second kappa shape index (κ2) is 9.96. The van der Waals surface area contributed by atoms with E-state index in [1.54, 1.807) is 12.1 Å². The molecule has 4 amide bonds. The van der Waals surface area contributed by atoms with Crippen LogP contribution in [0.4, 0.5) is 0 Å². The van der Waals surface area contributed by atoms with Crippen LogP contribution in [0.3, 0.4) is 0 Å². The van der Waals surface area contributed by atoms with Crippen molar-refractivity contribution in [3.63, 3.8) is 0 Å². The van der Waals surface area contributed by atoms with Crippen LogP contribution < -0.4 is 15.4 Å². The molecule has 1 aromatic carbocycles. The molecule has 10 heteroatoms. The summed E-state index contributed by atoms with van der Waals surface area (Å²) in [5.41, 5.74) is 3.47. The van der Waals surface area contributed by atoms with Crippen LogP contribution in [0.25, 0.3) is 0 Å². The Kier molecular flexibility index (Phi) is 6.58. The van der Waals surface area contributed by atoms with E-state index in [9.17, 15) is 19.2 Å². The van der Waals surface area contributed by atoms with Gasteiger partial charge in [-0.05, 0) is 55.9 Å². The van der Waals surface area contributed by atoms with Crippen LogP contribution in [-0.2, 0) is 29.0 Å². The topological polar surface area (TPSA) is 131 Å². The molecule has 1 atom stereocenters. The SMILES string of the molecule is CCc1noc2c1C(=O)N/C(=C\CCCCOc1ccc3c(c1)CN(C1CCC(=O)NC1=O)C3=O)C2. The standard InChI is InChI=1S/C26H28N4O6/c1-2-19-23-21(36-29-19)13-16(27-25(23)33)6-4-3-5-11-35-17-7-8-18-15(12-17)14-30(26(18)34)20-9-10-22(31)28-24(20)32/h6-8,12,20H,2-5,9-11,13-14H2,1H3,(H,27,33)(H,28,31,32)/b16-6-. The summed E-state index contributed by atoms with van der Waals surface area (Å²) < 4.78 is 11.2. The molecular formula is C26H28N4O6. The van der Waals surface area contributed by atoms with Gasteiger partial charge in [0.25, 0.3) is 11.8 Å². The van der Waals surface area contributed by atoms with E-state index in [2.05, 4.69) is 15.8 Å². The molecule has 3 aliphatic rings. The molecule has 0 radical (unpaired) electrons. The lowest BCUT2D eigenvalue weighted by Crippen LogP contribution is -2.52. The molecule has 4 heterocycles. The summed E-state index contributed by atoms with van der Waals surface area (Å²) in [6.07, 6.45) is 6.28. The number of hydrogen-bond donors (Lipinski definition) is 2. The van der Waals surface area contributed by atoms with Crippen LogP contribution in [0.1, 0.15) is 76.8 Å². The minimum Gasteiger partial charge on any atom is -0.494 e. The number of hydrogen-bond acceptors (Lipinski definition) is 7. The average molecular weight is 493 g/mol. The van der Waals surface area contributed by atoms with Crippen LogP contribution in [0.2, 0.25) is 0 Å². The minimum absolute atomic E-state index is 0.157. The molecule has 1 saturated heterocycles. The third-order valence-corrected chi connectivity index (χ3v) is 6.77. The van der Waals surface area contributed by atoms with E-state index in [4.69, 9.17) is 9.26 Å². The van der Waals surface area contributed by atoms with Crippen molar-refractivity contribution in [2.24, 2.45) is 0 Å². The summed E-state index contributed by atoms with van der Waals surface area (Å²) in [6.45, 7) is 2.78. The zero-order valence-electron chi connectivity index (χ0n) is 20.1. The average Bonchev–Trinajstić information content (AvgIpc) is 3.42. The molecular weight excluding hydrogens is 464 g/mol. The van der Waals surface area contributed by atoms with Crippen molar-refractivity contribution in [3.8, 4) is 5.75 Å². The van der Waals surface area contributed by atoms with Crippen molar-refractivity contribution >= 4 is 23.6 Å². The molecule has 188 valence electrons. The first kappa shape index (κ1) is 23.8. The molecule has 5 rings (SSSR count). The number of aryl methyl sites for hydroxylation is 1. The molecule has 2 N–H and O–H groups in total. The van der Waals surface area contributed by atoms with Crippen molar-refractivity contribution in [1.29, 1.82) is 0 Å². The van der Waals surface area contributed by atoms with Gasteiger partial charge in [-0.3, -0.25) is 24.5 Å². The highest BCUT2D eigenvalue weighted by Gasteiger charge is 2.39. The molecule has 0 saturated carbocycles. The number of fused-ring (bicyclic) bond motifs is 2. The van der Waals surface area contributed by atoms with Gasteiger partial charge >= 0.3 is 0 Å². The van der Waals surface area contributed by atoms with E-state index in [1.165, 1.54) is 4.90 Å². The quantitative estimate of drug-likeness (QED) is 0.427. The number of nitrogens with zero attached hydrogens (tertiary/aromatic N) is 2.